The molecule has 1 atom stereocenters. The molecule has 0 bridgehead atoms. The third-order valence-electron chi connectivity index (χ3n) is 2.65. The van der Waals surface area contributed by atoms with Gasteiger partial charge in [-0.15, -0.1) is 0 Å². The monoisotopic (exact) mass is 252 g/mol. The molecule has 1 aromatic rings. The molecular weight excluding hydrogens is 244 g/mol. The smallest absolute Gasteiger partial charge is 0.306 e. The minimum absolute atomic E-state index is 0.191. The topological polar surface area (TPSA) is 113 Å². The Morgan fingerprint density at radius 3 is 2.44 bits per heavy atom. The molecule has 1 saturated heterocycles. The Hall–Kier alpha value is -2.51. The van der Waals surface area contributed by atoms with Crippen molar-refractivity contribution >= 4 is 17.3 Å². The van der Waals surface area contributed by atoms with Crippen LogP contribution in [0.5, 0.6) is 0 Å². The van der Waals surface area contributed by atoms with E-state index in [-0.39, 0.29) is 17.7 Å². The number of hydrogen-bond donors (Lipinski definition) is 0. The summed E-state index contributed by atoms with van der Waals surface area (Å²) in [7, 11) is 0. The zero-order chi connectivity index (χ0) is 13.3. The highest BCUT2D eigenvalue weighted by Gasteiger charge is 2.31. The lowest BCUT2D eigenvalue weighted by atomic mass is 10.0. The molecule has 0 aliphatic carbocycles. The molecule has 94 valence electrons. The molecule has 0 radical (unpaired) electrons. The van der Waals surface area contributed by atoms with E-state index in [0.29, 0.717) is 6.42 Å². The first-order valence-corrected chi connectivity index (χ1v) is 5.11. The van der Waals surface area contributed by atoms with E-state index in [4.69, 9.17) is 4.74 Å². The Kier molecular flexibility index (Phi) is 2.92. The molecule has 1 aliphatic rings. The van der Waals surface area contributed by atoms with Crippen LogP contribution in [0.1, 0.15) is 24.5 Å². The predicted octanol–water partition coefficient (Wildman–Crippen LogP) is 1.88. The summed E-state index contributed by atoms with van der Waals surface area (Å²) >= 11 is 0. The van der Waals surface area contributed by atoms with E-state index >= 15 is 0 Å². The van der Waals surface area contributed by atoms with E-state index in [1.54, 1.807) is 0 Å². The molecular formula is C10H8N2O6. The van der Waals surface area contributed by atoms with Gasteiger partial charge >= 0.3 is 5.97 Å². The van der Waals surface area contributed by atoms with E-state index in [0.717, 1.165) is 12.1 Å². The van der Waals surface area contributed by atoms with Crippen molar-refractivity contribution in [2.75, 3.05) is 0 Å². The fraction of sp³-hybridized carbons (Fsp3) is 0.300. The fourth-order valence-electron chi connectivity index (χ4n) is 1.82. The number of hydrogen-bond acceptors (Lipinski definition) is 6. The Bertz CT molecular complexity index is 541. The number of ether oxygens (including phenoxy) is 1. The van der Waals surface area contributed by atoms with Gasteiger partial charge in [0.25, 0.3) is 11.4 Å². The van der Waals surface area contributed by atoms with Crippen LogP contribution >= 0.6 is 0 Å². The van der Waals surface area contributed by atoms with Gasteiger partial charge in [-0.1, -0.05) is 0 Å². The fourth-order valence-corrected chi connectivity index (χ4v) is 1.82. The van der Waals surface area contributed by atoms with Crippen LogP contribution in [0.2, 0.25) is 0 Å². The van der Waals surface area contributed by atoms with Gasteiger partial charge in [0, 0.05) is 12.5 Å². The normalized spacial score (nSPS) is 18.4. The quantitative estimate of drug-likeness (QED) is 0.461. The van der Waals surface area contributed by atoms with Crippen LogP contribution in [0.3, 0.4) is 0 Å². The van der Waals surface area contributed by atoms with Crippen LogP contribution in [0.4, 0.5) is 11.4 Å². The second-order valence-electron chi connectivity index (χ2n) is 3.77. The van der Waals surface area contributed by atoms with Crippen LogP contribution in [-0.2, 0) is 9.53 Å². The summed E-state index contributed by atoms with van der Waals surface area (Å²) in [5, 5.41) is 21.4. The van der Waals surface area contributed by atoms with Gasteiger partial charge < -0.3 is 4.74 Å². The number of nitro benzene ring substituents is 2. The Labute approximate surface area is 100 Å². The molecule has 0 N–H and O–H groups in total. The van der Waals surface area contributed by atoms with Crippen molar-refractivity contribution in [2.45, 2.75) is 18.9 Å². The van der Waals surface area contributed by atoms with Crippen LogP contribution in [0.25, 0.3) is 0 Å². The molecule has 0 spiro atoms. The van der Waals surface area contributed by atoms with Crippen molar-refractivity contribution < 1.29 is 19.4 Å². The number of carbonyl (C=O) groups is 1. The molecule has 1 unspecified atom stereocenters. The highest BCUT2D eigenvalue weighted by Crippen LogP contribution is 2.36. The molecule has 18 heavy (non-hydrogen) atoms. The number of benzene rings is 1. The molecule has 8 nitrogen and oxygen atoms in total. The number of cyclic esters (lactones) is 1. The molecule has 1 aliphatic heterocycles. The largest absolute Gasteiger partial charge is 0.457 e. The standard InChI is InChI=1S/C10H8N2O6/c13-10-4-3-9(18-10)7-2-1-6(11(14)15)5-8(7)12(16)17/h1-2,5,9H,3-4H2. The lowest BCUT2D eigenvalue weighted by molar-refractivity contribution is -0.394. The summed E-state index contributed by atoms with van der Waals surface area (Å²) in [6.07, 6.45) is -0.158. The first-order valence-electron chi connectivity index (χ1n) is 5.11. The van der Waals surface area contributed by atoms with E-state index < -0.39 is 27.6 Å². The van der Waals surface area contributed by atoms with Gasteiger partial charge in [-0.05, 0) is 12.5 Å². The second-order valence-corrected chi connectivity index (χ2v) is 3.77. The number of rotatable bonds is 3. The van der Waals surface area contributed by atoms with Crippen LogP contribution in [0, 0.1) is 20.2 Å². The third-order valence-corrected chi connectivity index (χ3v) is 2.65. The van der Waals surface area contributed by atoms with E-state index in [1.165, 1.54) is 6.07 Å². The maximum absolute atomic E-state index is 11.0. The van der Waals surface area contributed by atoms with Crippen LogP contribution in [0.15, 0.2) is 18.2 Å². The molecule has 1 fully saturated rings. The van der Waals surface area contributed by atoms with E-state index in [1.807, 2.05) is 0 Å². The molecule has 8 heteroatoms. The van der Waals surface area contributed by atoms with Gasteiger partial charge in [0.2, 0.25) is 0 Å². The minimum Gasteiger partial charge on any atom is -0.457 e. The second kappa shape index (κ2) is 4.40. The van der Waals surface area contributed by atoms with Gasteiger partial charge in [0.1, 0.15) is 6.10 Å². The number of esters is 1. The number of nitrogens with zero attached hydrogens (tertiary/aromatic N) is 2. The van der Waals surface area contributed by atoms with Gasteiger partial charge in [-0.2, -0.15) is 0 Å². The summed E-state index contributed by atoms with van der Waals surface area (Å²) in [5.41, 5.74) is -0.574. The molecule has 0 amide bonds. The molecule has 2 rings (SSSR count). The van der Waals surface area contributed by atoms with Crippen molar-refractivity contribution in [1.29, 1.82) is 0 Å². The van der Waals surface area contributed by atoms with Gasteiger partial charge in [0.05, 0.1) is 21.5 Å². The summed E-state index contributed by atoms with van der Waals surface area (Å²) in [4.78, 5) is 31.0. The van der Waals surface area contributed by atoms with Gasteiger partial charge in [-0.25, -0.2) is 0 Å². The SMILES string of the molecule is O=C1CCC(c2ccc([N+](=O)[O-])cc2[N+](=O)[O-])O1. The lowest BCUT2D eigenvalue weighted by Gasteiger charge is -2.09. The molecule has 0 saturated carbocycles. The van der Waals surface area contributed by atoms with Crippen molar-refractivity contribution in [3.63, 3.8) is 0 Å². The van der Waals surface area contributed by atoms with E-state index in [9.17, 15) is 25.0 Å². The minimum atomic E-state index is -0.714. The maximum Gasteiger partial charge on any atom is 0.306 e. The first-order chi connectivity index (χ1) is 8.49. The zero-order valence-electron chi connectivity index (χ0n) is 9.07. The van der Waals surface area contributed by atoms with Crippen molar-refractivity contribution in [3.05, 3.63) is 44.0 Å². The Balaban J connectivity index is 2.44. The molecule has 0 aromatic heterocycles. The van der Waals surface area contributed by atoms with Crippen LogP contribution < -0.4 is 0 Å². The van der Waals surface area contributed by atoms with Crippen molar-refractivity contribution in [3.8, 4) is 0 Å². The predicted molar refractivity (Wildman–Crippen MR) is 57.8 cm³/mol. The lowest BCUT2D eigenvalue weighted by Crippen LogP contribution is -2.03. The molecule has 1 aromatic carbocycles. The third kappa shape index (κ3) is 2.12. The summed E-state index contributed by atoms with van der Waals surface area (Å²) in [5.74, 6) is -0.423. The highest BCUT2D eigenvalue weighted by molar-refractivity contribution is 5.72. The number of non-ortho nitro benzene ring substituents is 1. The average molecular weight is 252 g/mol. The van der Waals surface area contributed by atoms with Gasteiger partial charge in [0.15, 0.2) is 0 Å². The zero-order valence-corrected chi connectivity index (χ0v) is 9.07. The number of carbonyl (C=O) groups excluding carboxylic acids is 1. The van der Waals surface area contributed by atoms with Crippen molar-refractivity contribution in [1.82, 2.24) is 0 Å². The average Bonchev–Trinajstić information content (AvgIpc) is 2.74. The van der Waals surface area contributed by atoms with Crippen LogP contribution in [-0.4, -0.2) is 15.8 Å². The van der Waals surface area contributed by atoms with E-state index in [2.05, 4.69) is 0 Å². The Morgan fingerprint density at radius 1 is 1.22 bits per heavy atom. The summed E-state index contributed by atoms with van der Waals surface area (Å²) in [6, 6.07) is 3.30. The Morgan fingerprint density at radius 2 is 1.94 bits per heavy atom. The van der Waals surface area contributed by atoms with Gasteiger partial charge in [-0.3, -0.25) is 25.0 Å². The summed E-state index contributed by atoms with van der Waals surface area (Å²) < 4.78 is 4.93. The van der Waals surface area contributed by atoms with Crippen molar-refractivity contribution in [2.24, 2.45) is 0 Å². The number of nitro groups is 2. The first kappa shape index (κ1) is 12.0. The summed E-state index contributed by atoms with van der Waals surface area (Å²) in [6.45, 7) is 0. The highest BCUT2D eigenvalue weighted by atomic mass is 16.6. The molecule has 1 heterocycles. The maximum atomic E-state index is 11.0.